The van der Waals surface area contributed by atoms with E-state index in [1.165, 1.54) is 18.2 Å². The quantitative estimate of drug-likeness (QED) is 0.416. The Hall–Kier alpha value is -1.37. The maximum Gasteiger partial charge on any atom is 0.274 e. The fourth-order valence-corrected chi connectivity index (χ4v) is 1.67. The van der Waals surface area contributed by atoms with Crippen LogP contribution in [0.2, 0.25) is 0 Å². The first-order chi connectivity index (χ1) is 8.06. The van der Waals surface area contributed by atoms with Crippen LogP contribution in [0.25, 0.3) is 0 Å². The highest BCUT2D eigenvalue weighted by Crippen LogP contribution is 2.29. The molecule has 18 heavy (non-hydrogen) atoms. The van der Waals surface area contributed by atoms with Gasteiger partial charge in [-0.3, -0.25) is 10.1 Å². The first kappa shape index (κ1) is 16.6. The molecule has 0 spiro atoms. The van der Waals surface area contributed by atoms with Gasteiger partial charge in [0.05, 0.1) is 10.5 Å². The zero-order valence-electron chi connectivity index (χ0n) is 9.91. The number of nitro benzene ring substituents is 1. The number of phenols is 1. The number of nitrogens with two attached hydrogens (primary N) is 2. The lowest BCUT2D eigenvalue weighted by Gasteiger charge is -2.12. The lowest BCUT2D eigenvalue weighted by molar-refractivity contribution is -0.385. The molecule has 102 valence electrons. The molecule has 0 amide bonds. The van der Waals surface area contributed by atoms with Crippen LogP contribution in [0.1, 0.15) is 30.9 Å². The van der Waals surface area contributed by atoms with Crippen molar-refractivity contribution in [3.8, 4) is 5.75 Å². The summed E-state index contributed by atoms with van der Waals surface area (Å²) in [5.41, 5.74) is 11.6. The van der Waals surface area contributed by atoms with Gasteiger partial charge in [0, 0.05) is 12.1 Å². The number of unbranched alkanes of at least 4 members (excludes halogenated alkanes) is 1. The number of nitrogens with zero attached hydrogens (tertiary/aromatic N) is 1. The van der Waals surface area contributed by atoms with E-state index in [9.17, 15) is 15.2 Å². The number of hydrogen-bond acceptors (Lipinski definition) is 5. The minimum absolute atomic E-state index is 0. The molecule has 7 heteroatoms. The first-order valence-corrected chi connectivity index (χ1v) is 5.49. The van der Waals surface area contributed by atoms with Crippen molar-refractivity contribution in [2.75, 3.05) is 6.54 Å². The normalized spacial score (nSPS) is 11.7. The molecule has 0 radical (unpaired) electrons. The minimum atomic E-state index is -0.489. The van der Waals surface area contributed by atoms with Gasteiger partial charge in [-0.1, -0.05) is 6.42 Å². The molecule has 1 atom stereocenters. The van der Waals surface area contributed by atoms with Crippen molar-refractivity contribution >= 4 is 18.1 Å². The average Bonchev–Trinajstić information content (AvgIpc) is 2.28. The fourth-order valence-electron chi connectivity index (χ4n) is 1.67. The smallest absolute Gasteiger partial charge is 0.274 e. The molecule has 1 aromatic carbocycles. The van der Waals surface area contributed by atoms with Crippen LogP contribution in [0.15, 0.2) is 18.2 Å². The summed E-state index contributed by atoms with van der Waals surface area (Å²) in [6.07, 6.45) is 2.26. The first-order valence-electron chi connectivity index (χ1n) is 5.49. The lowest BCUT2D eigenvalue weighted by atomic mass is 10.00. The fraction of sp³-hybridized carbons (Fsp3) is 0.455. The molecule has 0 heterocycles. The second kappa shape index (κ2) is 7.86. The molecule has 1 rings (SSSR count). The van der Waals surface area contributed by atoms with E-state index in [4.69, 9.17) is 11.5 Å². The topological polar surface area (TPSA) is 115 Å². The van der Waals surface area contributed by atoms with Gasteiger partial charge in [0.25, 0.3) is 5.69 Å². The summed E-state index contributed by atoms with van der Waals surface area (Å²) in [5.74, 6) is -0.0140. The molecule has 0 aliphatic rings. The van der Waals surface area contributed by atoms with Crippen LogP contribution < -0.4 is 11.5 Å². The Balaban J connectivity index is 0.00000289. The van der Waals surface area contributed by atoms with Crippen molar-refractivity contribution in [3.63, 3.8) is 0 Å². The van der Waals surface area contributed by atoms with E-state index >= 15 is 0 Å². The molecule has 0 fully saturated rings. The SMILES string of the molecule is Cl.NCCCC[C@H](N)c1cc(O)ccc1[N+](=O)[O-]. The van der Waals surface area contributed by atoms with E-state index in [1.807, 2.05) is 0 Å². The molecule has 0 aromatic heterocycles. The number of rotatable bonds is 6. The highest BCUT2D eigenvalue weighted by atomic mass is 35.5. The van der Waals surface area contributed by atoms with Crippen LogP contribution in [0.3, 0.4) is 0 Å². The number of benzene rings is 1. The van der Waals surface area contributed by atoms with Crippen molar-refractivity contribution in [3.05, 3.63) is 33.9 Å². The number of aromatic hydroxyl groups is 1. The van der Waals surface area contributed by atoms with Crippen LogP contribution >= 0.6 is 12.4 Å². The zero-order chi connectivity index (χ0) is 12.8. The summed E-state index contributed by atoms with van der Waals surface area (Å²) in [4.78, 5) is 10.3. The minimum Gasteiger partial charge on any atom is -0.508 e. The van der Waals surface area contributed by atoms with Crippen LogP contribution in [-0.2, 0) is 0 Å². The molecule has 5 N–H and O–H groups in total. The van der Waals surface area contributed by atoms with Crippen molar-refractivity contribution in [2.45, 2.75) is 25.3 Å². The average molecular weight is 276 g/mol. The maximum atomic E-state index is 10.8. The molecule has 0 saturated heterocycles. The van der Waals surface area contributed by atoms with Crippen LogP contribution in [0, 0.1) is 10.1 Å². The van der Waals surface area contributed by atoms with Gasteiger partial charge in [-0.05, 0) is 31.5 Å². The number of phenolic OH excluding ortho intramolecular Hbond substituents is 1. The summed E-state index contributed by atoms with van der Waals surface area (Å²) in [6.45, 7) is 0.578. The standard InChI is InChI=1S/C11H17N3O3.ClH/c12-6-2-1-3-10(13)9-7-8(15)4-5-11(9)14(16)17;/h4-5,7,10,15H,1-3,6,12-13H2;1H/t10-;/m0./s1. The van der Waals surface area contributed by atoms with Crippen molar-refractivity contribution in [1.82, 2.24) is 0 Å². The van der Waals surface area contributed by atoms with E-state index < -0.39 is 11.0 Å². The van der Waals surface area contributed by atoms with E-state index in [2.05, 4.69) is 0 Å². The third kappa shape index (κ3) is 4.48. The predicted octanol–water partition coefficient (Wildman–Crippen LogP) is 1.85. The maximum absolute atomic E-state index is 10.8. The van der Waals surface area contributed by atoms with Gasteiger partial charge in [-0.15, -0.1) is 12.4 Å². The molecule has 0 aliphatic heterocycles. The van der Waals surface area contributed by atoms with Gasteiger partial charge >= 0.3 is 0 Å². The Labute approximate surface area is 112 Å². The molecule has 1 aromatic rings. The summed E-state index contributed by atoms with van der Waals surface area (Å²) in [5, 5.41) is 20.2. The van der Waals surface area contributed by atoms with Crippen LogP contribution in [-0.4, -0.2) is 16.6 Å². The number of nitro groups is 1. The van der Waals surface area contributed by atoms with E-state index in [0.717, 1.165) is 12.8 Å². The highest BCUT2D eigenvalue weighted by Gasteiger charge is 2.19. The Morgan fingerprint density at radius 2 is 2.06 bits per heavy atom. The van der Waals surface area contributed by atoms with Gasteiger partial charge in [0.2, 0.25) is 0 Å². The van der Waals surface area contributed by atoms with Crippen LogP contribution in [0.4, 0.5) is 5.69 Å². The summed E-state index contributed by atoms with van der Waals surface area (Å²) >= 11 is 0. The molecule has 6 nitrogen and oxygen atoms in total. The summed E-state index contributed by atoms with van der Waals surface area (Å²) in [6, 6.07) is 3.46. The van der Waals surface area contributed by atoms with Gasteiger partial charge in [-0.25, -0.2) is 0 Å². The Bertz CT molecular complexity index is 401. The molecule has 0 bridgehead atoms. The number of hydrogen-bond donors (Lipinski definition) is 3. The van der Waals surface area contributed by atoms with Crippen molar-refractivity contribution in [2.24, 2.45) is 11.5 Å². The van der Waals surface area contributed by atoms with Crippen molar-refractivity contribution < 1.29 is 10.0 Å². The van der Waals surface area contributed by atoms with Gasteiger partial charge in [0.15, 0.2) is 0 Å². The van der Waals surface area contributed by atoms with Crippen LogP contribution in [0.5, 0.6) is 5.75 Å². The lowest BCUT2D eigenvalue weighted by Crippen LogP contribution is -2.13. The third-order valence-corrected chi connectivity index (χ3v) is 2.58. The second-order valence-corrected chi connectivity index (χ2v) is 3.89. The molecular weight excluding hydrogens is 258 g/mol. The Morgan fingerprint density at radius 1 is 1.39 bits per heavy atom. The monoisotopic (exact) mass is 275 g/mol. The van der Waals surface area contributed by atoms with E-state index in [0.29, 0.717) is 18.5 Å². The summed E-state index contributed by atoms with van der Waals surface area (Å²) in [7, 11) is 0. The van der Waals surface area contributed by atoms with E-state index in [-0.39, 0.29) is 23.8 Å². The van der Waals surface area contributed by atoms with Gasteiger partial charge in [-0.2, -0.15) is 0 Å². The zero-order valence-corrected chi connectivity index (χ0v) is 10.7. The largest absolute Gasteiger partial charge is 0.508 e. The van der Waals surface area contributed by atoms with Gasteiger partial charge < -0.3 is 16.6 Å². The summed E-state index contributed by atoms with van der Waals surface area (Å²) < 4.78 is 0. The predicted molar refractivity (Wildman–Crippen MR) is 71.8 cm³/mol. The number of halogens is 1. The Morgan fingerprint density at radius 3 is 2.61 bits per heavy atom. The van der Waals surface area contributed by atoms with E-state index in [1.54, 1.807) is 0 Å². The highest BCUT2D eigenvalue weighted by molar-refractivity contribution is 5.85. The molecular formula is C11H18ClN3O3. The Kier molecular flexibility index (Phi) is 7.26. The molecule has 0 saturated carbocycles. The molecule has 0 unspecified atom stereocenters. The molecule has 0 aliphatic carbocycles. The second-order valence-electron chi connectivity index (χ2n) is 3.89. The van der Waals surface area contributed by atoms with Crippen molar-refractivity contribution in [1.29, 1.82) is 0 Å². The van der Waals surface area contributed by atoms with Gasteiger partial charge in [0.1, 0.15) is 5.75 Å². The third-order valence-electron chi connectivity index (χ3n) is 2.58.